The Labute approximate surface area is 163 Å². The van der Waals surface area contributed by atoms with Gasteiger partial charge in [0.25, 0.3) is 0 Å². The largest absolute Gasteiger partial charge is 0.313 e. The monoisotopic (exact) mass is 370 g/mol. The second-order valence-electron chi connectivity index (χ2n) is 7.25. The summed E-state index contributed by atoms with van der Waals surface area (Å²) in [5.74, 6) is 2.15. The molecule has 0 unspecified atom stereocenters. The fraction of sp³-hybridized carbons (Fsp3) is 0.273. The molecule has 0 bridgehead atoms. The first kappa shape index (κ1) is 17.0. The lowest BCUT2D eigenvalue weighted by Gasteiger charge is -2.19. The third kappa shape index (κ3) is 3.51. The topological polar surface area (TPSA) is 59.7 Å². The van der Waals surface area contributed by atoms with Crippen LogP contribution in [0.5, 0.6) is 0 Å². The summed E-state index contributed by atoms with van der Waals surface area (Å²) in [6, 6.07) is 16.8. The molecule has 3 heterocycles. The Bertz CT molecular complexity index is 1090. The van der Waals surface area contributed by atoms with Gasteiger partial charge < -0.3 is 4.57 Å². The number of benzene rings is 2. The van der Waals surface area contributed by atoms with Crippen LogP contribution in [-0.4, -0.2) is 42.7 Å². The minimum absolute atomic E-state index is 0.831. The van der Waals surface area contributed by atoms with E-state index < -0.39 is 0 Å². The second kappa shape index (κ2) is 7.48. The Morgan fingerprint density at radius 3 is 2.54 bits per heavy atom. The predicted octanol–water partition coefficient (Wildman–Crippen LogP) is 2.87. The molecule has 0 atom stereocenters. The van der Waals surface area contributed by atoms with Crippen LogP contribution in [0.2, 0.25) is 0 Å². The molecule has 0 saturated carbocycles. The van der Waals surface area contributed by atoms with Gasteiger partial charge in [-0.15, -0.1) is 10.2 Å². The summed E-state index contributed by atoms with van der Waals surface area (Å²) in [7, 11) is 0. The SMILES string of the molecule is c1ccc(Cc2nnc3n2CCN(Cc2ccc4nccnc4c2)CC3)cc1. The number of rotatable bonds is 4. The van der Waals surface area contributed by atoms with Crippen molar-refractivity contribution in [3.05, 3.63) is 83.7 Å². The van der Waals surface area contributed by atoms with Gasteiger partial charge in [0.1, 0.15) is 11.6 Å². The highest BCUT2D eigenvalue weighted by Crippen LogP contribution is 2.17. The van der Waals surface area contributed by atoms with E-state index >= 15 is 0 Å². The van der Waals surface area contributed by atoms with Crippen molar-refractivity contribution in [1.82, 2.24) is 29.6 Å². The van der Waals surface area contributed by atoms with Gasteiger partial charge in [0, 0.05) is 51.4 Å². The number of hydrogen-bond acceptors (Lipinski definition) is 5. The van der Waals surface area contributed by atoms with E-state index in [-0.39, 0.29) is 0 Å². The molecule has 2 aromatic carbocycles. The van der Waals surface area contributed by atoms with Gasteiger partial charge in [-0.3, -0.25) is 14.9 Å². The fourth-order valence-electron chi connectivity index (χ4n) is 3.86. The summed E-state index contributed by atoms with van der Waals surface area (Å²) in [6.07, 6.45) is 5.24. The van der Waals surface area contributed by atoms with E-state index in [1.807, 2.05) is 6.07 Å². The van der Waals surface area contributed by atoms with Crippen LogP contribution in [0.3, 0.4) is 0 Å². The van der Waals surface area contributed by atoms with Gasteiger partial charge in [0.05, 0.1) is 11.0 Å². The van der Waals surface area contributed by atoms with E-state index in [0.29, 0.717) is 0 Å². The van der Waals surface area contributed by atoms with Gasteiger partial charge in [-0.25, -0.2) is 0 Å². The minimum Gasteiger partial charge on any atom is -0.313 e. The molecule has 140 valence electrons. The van der Waals surface area contributed by atoms with Crippen LogP contribution in [0.25, 0.3) is 11.0 Å². The van der Waals surface area contributed by atoms with Crippen molar-refractivity contribution < 1.29 is 0 Å². The lowest BCUT2D eigenvalue weighted by atomic mass is 10.1. The number of hydrogen-bond donors (Lipinski definition) is 0. The van der Waals surface area contributed by atoms with E-state index in [9.17, 15) is 0 Å². The molecule has 28 heavy (non-hydrogen) atoms. The predicted molar refractivity (Wildman–Crippen MR) is 108 cm³/mol. The molecule has 1 aliphatic heterocycles. The van der Waals surface area contributed by atoms with Crippen molar-refractivity contribution in [1.29, 1.82) is 0 Å². The quantitative estimate of drug-likeness (QED) is 0.553. The molecule has 0 radical (unpaired) electrons. The van der Waals surface area contributed by atoms with Crippen LogP contribution < -0.4 is 0 Å². The molecule has 1 aliphatic rings. The molecule has 0 saturated heterocycles. The Kier molecular flexibility index (Phi) is 4.54. The van der Waals surface area contributed by atoms with Gasteiger partial charge in [-0.05, 0) is 23.3 Å². The molecule has 6 heteroatoms. The highest BCUT2D eigenvalue weighted by molar-refractivity contribution is 5.74. The number of fused-ring (bicyclic) bond motifs is 2. The molecule has 0 amide bonds. The summed E-state index contributed by atoms with van der Waals surface area (Å²) in [5.41, 5.74) is 4.45. The molecule has 0 aliphatic carbocycles. The van der Waals surface area contributed by atoms with Crippen molar-refractivity contribution in [3.63, 3.8) is 0 Å². The molecular weight excluding hydrogens is 348 g/mol. The van der Waals surface area contributed by atoms with E-state index in [4.69, 9.17) is 0 Å². The van der Waals surface area contributed by atoms with Crippen molar-refractivity contribution in [2.24, 2.45) is 0 Å². The maximum atomic E-state index is 4.46. The average molecular weight is 370 g/mol. The Hall–Kier alpha value is -3.12. The molecule has 0 fully saturated rings. The fourth-order valence-corrected chi connectivity index (χ4v) is 3.86. The van der Waals surface area contributed by atoms with Crippen LogP contribution >= 0.6 is 0 Å². The standard InChI is InChI=1S/C22H22N6/c1-2-4-17(5-3-1)15-22-26-25-21-8-11-27(12-13-28(21)22)16-18-6-7-19-20(14-18)24-10-9-23-19/h1-7,9-10,14H,8,11-13,15-16H2. The van der Waals surface area contributed by atoms with Crippen molar-refractivity contribution in [3.8, 4) is 0 Å². The molecular formula is C22H22N6. The van der Waals surface area contributed by atoms with Gasteiger partial charge in [0.2, 0.25) is 0 Å². The normalized spacial score (nSPS) is 14.7. The maximum absolute atomic E-state index is 4.46. The second-order valence-corrected chi connectivity index (χ2v) is 7.25. The van der Waals surface area contributed by atoms with Gasteiger partial charge in [-0.2, -0.15) is 0 Å². The number of nitrogens with zero attached hydrogens (tertiary/aromatic N) is 6. The van der Waals surface area contributed by atoms with E-state index in [1.54, 1.807) is 12.4 Å². The van der Waals surface area contributed by atoms with E-state index in [0.717, 1.165) is 61.7 Å². The summed E-state index contributed by atoms with van der Waals surface area (Å²) >= 11 is 0. The lowest BCUT2D eigenvalue weighted by molar-refractivity contribution is 0.270. The maximum Gasteiger partial charge on any atom is 0.137 e. The van der Waals surface area contributed by atoms with Crippen LogP contribution in [0.15, 0.2) is 60.9 Å². The van der Waals surface area contributed by atoms with Gasteiger partial charge in [0.15, 0.2) is 0 Å². The molecule has 2 aromatic heterocycles. The first-order valence-electron chi connectivity index (χ1n) is 9.72. The Morgan fingerprint density at radius 1 is 0.786 bits per heavy atom. The Balaban J connectivity index is 1.29. The van der Waals surface area contributed by atoms with E-state index in [1.165, 1.54) is 11.1 Å². The third-order valence-corrected chi connectivity index (χ3v) is 5.34. The summed E-state index contributed by atoms with van der Waals surface area (Å²) in [6.45, 7) is 3.82. The average Bonchev–Trinajstić information content (AvgIpc) is 3.00. The van der Waals surface area contributed by atoms with Gasteiger partial charge in [-0.1, -0.05) is 36.4 Å². The molecule has 0 spiro atoms. The van der Waals surface area contributed by atoms with Gasteiger partial charge >= 0.3 is 0 Å². The zero-order valence-corrected chi connectivity index (χ0v) is 15.7. The first-order chi connectivity index (χ1) is 13.8. The minimum atomic E-state index is 0.831. The van der Waals surface area contributed by atoms with Crippen LogP contribution in [-0.2, 0) is 25.9 Å². The lowest BCUT2D eigenvalue weighted by Crippen LogP contribution is -2.26. The summed E-state index contributed by atoms with van der Waals surface area (Å²) in [4.78, 5) is 11.3. The highest BCUT2D eigenvalue weighted by atomic mass is 15.3. The Morgan fingerprint density at radius 2 is 1.64 bits per heavy atom. The summed E-state index contributed by atoms with van der Waals surface area (Å²) < 4.78 is 2.30. The molecule has 5 rings (SSSR count). The molecule has 0 N–H and O–H groups in total. The zero-order valence-electron chi connectivity index (χ0n) is 15.7. The van der Waals surface area contributed by atoms with Crippen LogP contribution in [0, 0.1) is 0 Å². The first-order valence-corrected chi connectivity index (χ1v) is 9.72. The van der Waals surface area contributed by atoms with Crippen molar-refractivity contribution >= 4 is 11.0 Å². The van der Waals surface area contributed by atoms with Crippen molar-refractivity contribution in [2.75, 3.05) is 13.1 Å². The number of aromatic nitrogens is 5. The van der Waals surface area contributed by atoms with Crippen LogP contribution in [0.4, 0.5) is 0 Å². The van der Waals surface area contributed by atoms with E-state index in [2.05, 4.69) is 72.1 Å². The smallest absolute Gasteiger partial charge is 0.137 e. The highest BCUT2D eigenvalue weighted by Gasteiger charge is 2.19. The zero-order chi connectivity index (χ0) is 18.8. The summed E-state index contributed by atoms with van der Waals surface area (Å²) in [5, 5.41) is 8.92. The molecule has 4 aromatic rings. The molecule has 6 nitrogen and oxygen atoms in total. The van der Waals surface area contributed by atoms with Crippen molar-refractivity contribution in [2.45, 2.75) is 25.9 Å². The van der Waals surface area contributed by atoms with Crippen LogP contribution in [0.1, 0.15) is 22.8 Å². The third-order valence-electron chi connectivity index (χ3n) is 5.34.